The van der Waals surface area contributed by atoms with Crippen LogP contribution in [0.25, 0.3) is 11.0 Å². The summed E-state index contributed by atoms with van der Waals surface area (Å²) in [5.74, 6) is 0. The van der Waals surface area contributed by atoms with Crippen molar-refractivity contribution in [3.05, 3.63) is 36.9 Å². The number of benzene rings is 1. The third-order valence-electron chi connectivity index (χ3n) is 2.05. The third kappa shape index (κ3) is 1.22. The van der Waals surface area contributed by atoms with Gasteiger partial charge in [-0.1, -0.05) is 18.7 Å². The number of aromatic nitrogens is 3. The number of allylic oxidation sites excluding steroid dienone is 1. The first-order valence-corrected chi connectivity index (χ1v) is 4.25. The number of fused-ring (bicyclic) bond motifs is 1. The summed E-state index contributed by atoms with van der Waals surface area (Å²) in [4.78, 5) is 0. The predicted molar refractivity (Wildman–Crippen MR) is 51.1 cm³/mol. The molecule has 0 saturated carbocycles. The molecule has 0 amide bonds. The lowest BCUT2D eigenvalue weighted by molar-refractivity contribution is -0.709. The molecule has 0 unspecified atom stereocenters. The monoisotopic (exact) mass is 174 g/mol. The summed E-state index contributed by atoms with van der Waals surface area (Å²) >= 11 is 0. The van der Waals surface area contributed by atoms with Gasteiger partial charge < -0.3 is 0 Å². The SMILES string of the molecule is C=CCn1n[n+](C)c2ccccc21. The first-order chi connectivity index (χ1) is 6.33. The molecule has 0 spiro atoms. The molecular weight excluding hydrogens is 162 g/mol. The maximum Gasteiger partial charge on any atom is 0.198 e. The van der Waals surface area contributed by atoms with E-state index in [4.69, 9.17) is 0 Å². The third-order valence-corrected chi connectivity index (χ3v) is 2.05. The molecule has 1 aromatic carbocycles. The normalized spacial score (nSPS) is 10.5. The fourth-order valence-electron chi connectivity index (χ4n) is 1.47. The maximum absolute atomic E-state index is 4.34. The van der Waals surface area contributed by atoms with Crippen LogP contribution in [0.5, 0.6) is 0 Å². The zero-order valence-electron chi connectivity index (χ0n) is 7.64. The van der Waals surface area contributed by atoms with E-state index in [1.807, 2.05) is 34.6 Å². The first kappa shape index (κ1) is 7.98. The number of aryl methyl sites for hydroxylation is 1. The van der Waals surface area contributed by atoms with Crippen LogP contribution in [0.4, 0.5) is 0 Å². The van der Waals surface area contributed by atoms with Gasteiger partial charge in [-0.15, -0.1) is 9.36 Å². The fraction of sp³-hybridized carbons (Fsp3) is 0.200. The van der Waals surface area contributed by atoms with Crippen molar-refractivity contribution in [2.75, 3.05) is 0 Å². The molecule has 13 heavy (non-hydrogen) atoms. The molecule has 0 aliphatic heterocycles. The van der Waals surface area contributed by atoms with E-state index in [9.17, 15) is 0 Å². The van der Waals surface area contributed by atoms with Crippen molar-refractivity contribution in [1.29, 1.82) is 0 Å². The average Bonchev–Trinajstić information content (AvgIpc) is 2.46. The summed E-state index contributed by atoms with van der Waals surface area (Å²) in [6.45, 7) is 4.45. The number of hydrogen-bond donors (Lipinski definition) is 0. The zero-order chi connectivity index (χ0) is 9.26. The summed E-state index contributed by atoms with van der Waals surface area (Å²) in [7, 11) is 1.95. The van der Waals surface area contributed by atoms with E-state index in [1.165, 1.54) is 0 Å². The van der Waals surface area contributed by atoms with Crippen molar-refractivity contribution >= 4 is 11.0 Å². The highest BCUT2D eigenvalue weighted by atomic mass is 15.5. The molecule has 0 aliphatic carbocycles. The highest BCUT2D eigenvalue weighted by Gasteiger charge is 2.11. The van der Waals surface area contributed by atoms with Gasteiger partial charge in [0.25, 0.3) is 0 Å². The van der Waals surface area contributed by atoms with Gasteiger partial charge in [0.05, 0.1) is 5.21 Å². The minimum Gasteiger partial charge on any atom is -0.132 e. The van der Waals surface area contributed by atoms with Gasteiger partial charge in [0.1, 0.15) is 13.6 Å². The molecule has 1 aromatic heterocycles. The van der Waals surface area contributed by atoms with Crippen LogP contribution < -0.4 is 4.68 Å². The molecule has 1 heterocycles. The van der Waals surface area contributed by atoms with E-state index < -0.39 is 0 Å². The van der Waals surface area contributed by atoms with Gasteiger partial charge in [-0.05, 0) is 18.2 Å². The number of rotatable bonds is 2. The van der Waals surface area contributed by atoms with Crippen LogP contribution >= 0.6 is 0 Å². The Bertz CT molecular complexity index is 442. The van der Waals surface area contributed by atoms with Gasteiger partial charge in [-0.25, -0.2) is 0 Å². The Labute approximate surface area is 76.9 Å². The summed E-state index contributed by atoms with van der Waals surface area (Å²) in [6, 6.07) is 8.15. The zero-order valence-corrected chi connectivity index (χ0v) is 7.64. The Hall–Kier alpha value is -1.64. The van der Waals surface area contributed by atoms with Gasteiger partial charge in [-0.2, -0.15) is 0 Å². The molecule has 0 radical (unpaired) electrons. The Morgan fingerprint density at radius 3 is 3.08 bits per heavy atom. The van der Waals surface area contributed by atoms with Crippen LogP contribution in [0.1, 0.15) is 0 Å². The lowest BCUT2D eigenvalue weighted by Crippen LogP contribution is -2.31. The van der Waals surface area contributed by atoms with E-state index >= 15 is 0 Å². The van der Waals surface area contributed by atoms with E-state index in [-0.39, 0.29) is 0 Å². The smallest absolute Gasteiger partial charge is 0.132 e. The van der Waals surface area contributed by atoms with Gasteiger partial charge in [0.15, 0.2) is 11.0 Å². The van der Waals surface area contributed by atoms with Crippen LogP contribution in [-0.2, 0) is 13.6 Å². The van der Waals surface area contributed by atoms with Crippen molar-refractivity contribution in [2.45, 2.75) is 6.54 Å². The van der Waals surface area contributed by atoms with Crippen molar-refractivity contribution in [3.63, 3.8) is 0 Å². The number of hydrogen-bond acceptors (Lipinski definition) is 1. The maximum atomic E-state index is 4.34. The largest absolute Gasteiger partial charge is 0.198 e. The second-order valence-electron chi connectivity index (χ2n) is 2.97. The lowest BCUT2D eigenvalue weighted by Gasteiger charge is -1.86. The van der Waals surface area contributed by atoms with Crippen molar-refractivity contribution in [2.24, 2.45) is 7.05 Å². The second kappa shape index (κ2) is 3.01. The van der Waals surface area contributed by atoms with Gasteiger partial charge >= 0.3 is 0 Å². The van der Waals surface area contributed by atoms with Crippen LogP contribution in [0.15, 0.2) is 36.9 Å². The topological polar surface area (TPSA) is 21.7 Å². The van der Waals surface area contributed by atoms with Gasteiger partial charge in [0, 0.05) is 0 Å². The molecule has 66 valence electrons. The van der Waals surface area contributed by atoms with Crippen molar-refractivity contribution in [1.82, 2.24) is 9.90 Å². The minimum absolute atomic E-state index is 0.751. The van der Waals surface area contributed by atoms with E-state index in [0.29, 0.717) is 0 Å². The summed E-state index contributed by atoms with van der Waals surface area (Å²) in [5.41, 5.74) is 2.29. The predicted octanol–water partition coefficient (Wildman–Crippen LogP) is 1.05. The molecule has 0 aliphatic rings. The quantitative estimate of drug-likeness (QED) is 0.492. The minimum atomic E-state index is 0.751. The summed E-state index contributed by atoms with van der Waals surface area (Å²) in [6.07, 6.45) is 1.85. The molecule has 0 atom stereocenters. The van der Waals surface area contributed by atoms with Gasteiger partial charge in [-0.3, -0.25) is 0 Å². The highest BCUT2D eigenvalue weighted by molar-refractivity contribution is 5.70. The summed E-state index contributed by atoms with van der Waals surface area (Å²) in [5, 5.41) is 4.34. The van der Waals surface area contributed by atoms with Crippen molar-refractivity contribution in [3.8, 4) is 0 Å². The molecule has 2 aromatic rings. The molecule has 0 N–H and O–H groups in total. The van der Waals surface area contributed by atoms with Crippen LogP contribution in [0, 0.1) is 0 Å². The molecule has 0 bridgehead atoms. The number of para-hydroxylation sites is 2. The summed E-state index contributed by atoms with van der Waals surface area (Å²) < 4.78 is 3.81. The average molecular weight is 174 g/mol. The lowest BCUT2D eigenvalue weighted by atomic mass is 10.3. The Morgan fingerprint density at radius 1 is 1.54 bits per heavy atom. The van der Waals surface area contributed by atoms with E-state index in [2.05, 4.69) is 23.9 Å². The molecule has 3 nitrogen and oxygen atoms in total. The molecule has 2 rings (SSSR count). The molecule has 0 fully saturated rings. The van der Waals surface area contributed by atoms with Crippen LogP contribution in [-0.4, -0.2) is 9.90 Å². The second-order valence-corrected chi connectivity index (χ2v) is 2.97. The van der Waals surface area contributed by atoms with Crippen LogP contribution in [0.3, 0.4) is 0 Å². The Morgan fingerprint density at radius 2 is 2.31 bits per heavy atom. The Kier molecular flexibility index (Phi) is 1.85. The van der Waals surface area contributed by atoms with E-state index in [1.54, 1.807) is 0 Å². The highest BCUT2D eigenvalue weighted by Crippen LogP contribution is 2.07. The van der Waals surface area contributed by atoms with E-state index in [0.717, 1.165) is 17.6 Å². The Balaban J connectivity index is 2.70. The molecular formula is C10H12N3+. The number of nitrogens with zero attached hydrogens (tertiary/aromatic N) is 3. The molecule has 3 heteroatoms. The van der Waals surface area contributed by atoms with Crippen molar-refractivity contribution < 1.29 is 4.68 Å². The molecule has 0 saturated heterocycles. The van der Waals surface area contributed by atoms with Gasteiger partial charge in [0.2, 0.25) is 0 Å². The standard InChI is InChI=1S/C10H12N3/c1-3-8-13-10-7-5-4-6-9(10)12(2)11-13/h3-7H,1,8H2,2H3/q+1. The fourth-order valence-corrected chi connectivity index (χ4v) is 1.47. The van der Waals surface area contributed by atoms with Crippen LogP contribution in [0.2, 0.25) is 0 Å². The first-order valence-electron chi connectivity index (χ1n) is 4.25.